The number of carbonyl (C=O) groups is 1. The van der Waals surface area contributed by atoms with E-state index in [0.717, 1.165) is 56.0 Å². The van der Waals surface area contributed by atoms with Crippen molar-refractivity contribution in [1.82, 2.24) is 19.2 Å². The third kappa shape index (κ3) is 3.63. The minimum Gasteiger partial charge on any atom is -0.495 e. The van der Waals surface area contributed by atoms with Gasteiger partial charge in [0.15, 0.2) is 0 Å². The molecule has 1 amide bonds. The predicted molar refractivity (Wildman–Crippen MR) is 106 cm³/mol. The van der Waals surface area contributed by atoms with Crippen molar-refractivity contribution in [2.45, 2.75) is 38.8 Å². The van der Waals surface area contributed by atoms with Crippen LogP contribution in [0.5, 0.6) is 5.75 Å². The second kappa shape index (κ2) is 8.08. The number of hydrogen-bond donors (Lipinski definition) is 0. The maximum atomic E-state index is 12.7. The van der Waals surface area contributed by atoms with E-state index in [1.165, 1.54) is 4.68 Å². The predicted octanol–water partition coefficient (Wildman–Crippen LogP) is 1.13. The lowest BCUT2D eigenvalue weighted by atomic mass is 10.2. The first-order chi connectivity index (χ1) is 13.7. The van der Waals surface area contributed by atoms with Crippen molar-refractivity contribution in [3.8, 4) is 5.75 Å². The van der Waals surface area contributed by atoms with Gasteiger partial charge in [-0.1, -0.05) is 18.6 Å². The molecule has 1 saturated heterocycles. The Morgan fingerprint density at radius 2 is 1.86 bits per heavy atom. The smallest absolute Gasteiger partial charge is 0.346 e. The van der Waals surface area contributed by atoms with Crippen LogP contribution in [0, 0.1) is 0 Å². The summed E-state index contributed by atoms with van der Waals surface area (Å²) < 4.78 is 8.52. The van der Waals surface area contributed by atoms with Crippen LogP contribution in [0.1, 0.15) is 25.1 Å². The van der Waals surface area contributed by atoms with Crippen molar-refractivity contribution < 1.29 is 9.53 Å². The highest BCUT2D eigenvalue weighted by Gasteiger charge is 2.24. The zero-order valence-electron chi connectivity index (χ0n) is 16.3. The van der Waals surface area contributed by atoms with Crippen molar-refractivity contribution in [3.05, 3.63) is 40.6 Å². The van der Waals surface area contributed by atoms with Gasteiger partial charge in [-0.05, 0) is 25.0 Å². The third-order valence-electron chi connectivity index (χ3n) is 5.62. The molecule has 0 aliphatic carbocycles. The maximum Gasteiger partial charge on any atom is 0.346 e. The molecule has 1 aromatic heterocycles. The summed E-state index contributed by atoms with van der Waals surface area (Å²) in [5.41, 5.74) is 0.893. The first-order valence-corrected chi connectivity index (χ1v) is 9.99. The Bertz CT molecular complexity index is 895. The van der Waals surface area contributed by atoms with Crippen LogP contribution < -0.4 is 15.3 Å². The van der Waals surface area contributed by atoms with Crippen LogP contribution in [0.25, 0.3) is 0 Å². The largest absolute Gasteiger partial charge is 0.495 e. The van der Waals surface area contributed by atoms with Crippen LogP contribution in [-0.2, 0) is 24.3 Å². The van der Waals surface area contributed by atoms with Crippen LogP contribution in [0.2, 0.25) is 0 Å². The fraction of sp³-hybridized carbons (Fsp3) is 0.550. The van der Waals surface area contributed by atoms with E-state index in [2.05, 4.69) is 10.00 Å². The zero-order valence-corrected chi connectivity index (χ0v) is 16.3. The SMILES string of the molecule is COc1ccccc1N1CCN(C(=O)Cn2nc3n(c2=O)CCCCC3)CC1. The first kappa shape index (κ1) is 18.6. The number of para-hydroxylation sites is 2. The highest BCUT2D eigenvalue weighted by atomic mass is 16.5. The van der Waals surface area contributed by atoms with Gasteiger partial charge in [-0.15, -0.1) is 0 Å². The van der Waals surface area contributed by atoms with Crippen LogP contribution in [-0.4, -0.2) is 58.4 Å². The number of amides is 1. The normalized spacial score (nSPS) is 17.2. The third-order valence-corrected chi connectivity index (χ3v) is 5.62. The lowest BCUT2D eigenvalue weighted by molar-refractivity contribution is -0.132. The fourth-order valence-corrected chi connectivity index (χ4v) is 4.04. The van der Waals surface area contributed by atoms with Gasteiger partial charge >= 0.3 is 5.69 Å². The van der Waals surface area contributed by atoms with Crippen LogP contribution in [0.4, 0.5) is 5.69 Å². The number of fused-ring (bicyclic) bond motifs is 1. The van der Waals surface area contributed by atoms with Crippen molar-refractivity contribution >= 4 is 11.6 Å². The van der Waals surface area contributed by atoms with E-state index < -0.39 is 0 Å². The molecule has 3 heterocycles. The van der Waals surface area contributed by atoms with Crippen molar-refractivity contribution in [3.63, 3.8) is 0 Å². The van der Waals surface area contributed by atoms with E-state index >= 15 is 0 Å². The Morgan fingerprint density at radius 1 is 1.07 bits per heavy atom. The van der Waals surface area contributed by atoms with Crippen LogP contribution in [0.15, 0.2) is 29.1 Å². The molecule has 8 heteroatoms. The fourth-order valence-electron chi connectivity index (χ4n) is 4.04. The van der Waals surface area contributed by atoms with Crippen molar-refractivity contribution in [2.75, 3.05) is 38.2 Å². The minimum absolute atomic E-state index is 0.0213. The molecular weight excluding hydrogens is 358 g/mol. The lowest BCUT2D eigenvalue weighted by Gasteiger charge is -2.36. The van der Waals surface area contributed by atoms with E-state index in [4.69, 9.17) is 4.74 Å². The maximum absolute atomic E-state index is 12.7. The summed E-state index contributed by atoms with van der Waals surface area (Å²) in [6.45, 7) is 3.45. The van der Waals surface area contributed by atoms with Gasteiger partial charge in [0, 0.05) is 39.1 Å². The summed E-state index contributed by atoms with van der Waals surface area (Å²) in [4.78, 5) is 29.4. The van der Waals surface area contributed by atoms with Crippen molar-refractivity contribution in [2.24, 2.45) is 0 Å². The highest BCUT2D eigenvalue weighted by Crippen LogP contribution is 2.28. The van der Waals surface area contributed by atoms with E-state index in [1.807, 2.05) is 29.2 Å². The number of piperazine rings is 1. The number of benzene rings is 1. The number of methoxy groups -OCH3 is 1. The van der Waals surface area contributed by atoms with E-state index in [1.54, 1.807) is 11.7 Å². The summed E-state index contributed by atoms with van der Waals surface area (Å²) in [7, 11) is 1.67. The molecule has 8 nitrogen and oxygen atoms in total. The second-order valence-electron chi connectivity index (χ2n) is 7.36. The molecule has 2 aliphatic heterocycles. The van der Waals surface area contributed by atoms with Gasteiger partial charge in [0.25, 0.3) is 0 Å². The molecule has 1 fully saturated rings. The number of aryl methyl sites for hydroxylation is 1. The number of ether oxygens (including phenoxy) is 1. The summed E-state index contributed by atoms with van der Waals surface area (Å²) in [6, 6.07) is 7.92. The number of nitrogens with zero attached hydrogens (tertiary/aromatic N) is 5. The molecule has 0 spiro atoms. The molecule has 150 valence electrons. The van der Waals surface area contributed by atoms with Gasteiger partial charge in [-0.3, -0.25) is 9.36 Å². The Labute approximate surface area is 164 Å². The molecule has 0 atom stereocenters. The lowest BCUT2D eigenvalue weighted by Crippen LogP contribution is -2.50. The molecule has 0 saturated carbocycles. The van der Waals surface area contributed by atoms with E-state index in [-0.39, 0.29) is 18.1 Å². The van der Waals surface area contributed by atoms with Crippen molar-refractivity contribution in [1.29, 1.82) is 0 Å². The number of aromatic nitrogens is 3. The average Bonchev–Trinajstić information content (AvgIpc) is 2.89. The van der Waals surface area contributed by atoms with Gasteiger partial charge in [0.05, 0.1) is 12.8 Å². The molecule has 2 aliphatic rings. The van der Waals surface area contributed by atoms with Gasteiger partial charge in [-0.25, -0.2) is 9.48 Å². The average molecular weight is 385 g/mol. The molecule has 0 N–H and O–H groups in total. The van der Waals surface area contributed by atoms with Gasteiger partial charge in [0.2, 0.25) is 5.91 Å². The van der Waals surface area contributed by atoms with Crippen LogP contribution in [0.3, 0.4) is 0 Å². The zero-order chi connectivity index (χ0) is 19.5. The summed E-state index contributed by atoms with van der Waals surface area (Å²) in [6.07, 6.45) is 3.99. The number of hydrogen-bond acceptors (Lipinski definition) is 5. The van der Waals surface area contributed by atoms with E-state index in [9.17, 15) is 9.59 Å². The standard InChI is InChI=1S/C20H27N5O3/c1-28-17-8-5-4-7-16(17)22-11-13-23(14-12-22)19(26)15-25-20(27)24-10-6-2-3-9-18(24)21-25/h4-5,7-8H,2-3,6,9-15H2,1H3. The highest BCUT2D eigenvalue weighted by molar-refractivity contribution is 5.76. The topological polar surface area (TPSA) is 72.6 Å². The molecule has 2 aromatic rings. The van der Waals surface area contributed by atoms with Gasteiger partial charge in [-0.2, -0.15) is 5.10 Å². The van der Waals surface area contributed by atoms with Gasteiger partial charge in [0.1, 0.15) is 18.1 Å². The summed E-state index contributed by atoms with van der Waals surface area (Å²) >= 11 is 0. The monoisotopic (exact) mass is 385 g/mol. The molecular formula is C20H27N5O3. The van der Waals surface area contributed by atoms with Gasteiger partial charge < -0.3 is 14.5 Å². The molecule has 0 unspecified atom stereocenters. The number of carbonyl (C=O) groups excluding carboxylic acids is 1. The van der Waals surface area contributed by atoms with Crippen LogP contribution >= 0.6 is 0 Å². The number of rotatable bonds is 4. The second-order valence-corrected chi connectivity index (χ2v) is 7.36. The molecule has 4 rings (SSSR count). The molecule has 1 aromatic carbocycles. The quantitative estimate of drug-likeness (QED) is 0.789. The Kier molecular flexibility index (Phi) is 5.36. The number of anilines is 1. The molecule has 28 heavy (non-hydrogen) atoms. The Hall–Kier alpha value is -2.77. The Morgan fingerprint density at radius 3 is 2.64 bits per heavy atom. The first-order valence-electron chi connectivity index (χ1n) is 9.99. The molecule has 0 bridgehead atoms. The van der Waals surface area contributed by atoms with E-state index in [0.29, 0.717) is 19.6 Å². The Balaban J connectivity index is 1.39. The summed E-state index contributed by atoms with van der Waals surface area (Å²) in [5.74, 6) is 1.61. The minimum atomic E-state index is -0.155. The summed E-state index contributed by atoms with van der Waals surface area (Å²) in [5, 5.41) is 4.42. The molecule has 0 radical (unpaired) electrons.